The van der Waals surface area contributed by atoms with Crippen LogP contribution in [-0.2, 0) is 13.6 Å². The summed E-state index contributed by atoms with van der Waals surface area (Å²) in [6.45, 7) is 0.0261. The van der Waals surface area contributed by atoms with Gasteiger partial charge in [0.2, 0.25) is 0 Å². The molecule has 0 radical (unpaired) electrons. The molecule has 0 saturated heterocycles. The Balaban J connectivity index is 2.25. The smallest absolute Gasteiger partial charge is 0.279 e. The largest absolute Gasteiger partial charge is 0.394 e. The lowest BCUT2D eigenvalue weighted by Crippen LogP contribution is -2.18. The first kappa shape index (κ1) is 12.7. The molecule has 0 saturated carbocycles. The second-order valence-corrected chi connectivity index (χ2v) is 3.70. The van der Waals surface area contributed by atoms with Gasteiger partial charge in [-0.2, -0.15) is 10.4 Å². The number of anilines is 1. The van der Waals surface area contributed by atoms with E-state index >= 15 is 0 Å². The van der Waals surface area contributed by atoms with Crippen LogP contribution < -0.4 is 5.32 Å². The number of amides is 1. The Labute approximate surface area is 108 Å². The zero-order valence-corrected chi connectivity index (χ0v) is 10.1. The van der Waals surface area contributed by atoms with Crippen LogP contribution in [0.4, 0.5) is 5.82 Å². The molecule has 9 nitrogen and oxygen atoms in total. The summed E-state index contributed by atoms with van der Waals surface area (Å²) in [6, 6.07) is 1.92. The van der Waals surface area contributed by atoms with Crippen molar-refractivity contribution in [3.63, 3.8) is 0 Å². The highest BCUT2D eigenvalue weighted by molar-refractivity contribution is 6.02. The molecule has 19 heavy (non-hydrogen) atoms. The summed E-state index contributed by atoms with van der Waals surface area (Å²) in [5.74, 6) is -0.267. The predicted octanol–water partition coefficient (Wildman–Crippen LogP) is -0.872. The van der Waals surface area contributed by atoms with Crippen LogP contribution in [0, 0.1) is 11.3 Å². The van der Waals surface area contributed by atoms with E-state index in [2.05, 4.69) is 20.7 Å². The van der Waals surface area contributed by atoms with Gasteiger partial charge in [0.25, 0.3) is 5.91 Å². The molecular weight excluding hydrogens is 250 g/mol. The van der Waals surface area contributed by atoms with Gasteiger partial charge in [-0.25, -0.2) is 4.68 Å². The minimum absolute atomic E-state index is 0.128. The molecule has 0 spiro atoms. The molecule has 0 unspecified atom stereocenters. The van der Waals surface area contributed by atoms with Crippen LogP contribution in [0.25, 0.3) is 0 Å². The van der Waals surface area contributed by atoms with E-state index in [0.717, 1.165) is 0 Å². The van der Waals surface area contributed by atoms with Crippen molar-refractivity contribution in [3.8, 4) is 6.07 Å². The van der Waals surface area contributed by atoms with Crippen molar-refractivity contribution in [2.45, 2.75) is 6.54 Å². The van der Waals surface area contributed by atoms with Crippen molar-refractivity contribution in [1.29, 1.82) is 5.26 Å². The Morgan fingerprint density at radius 3 is 3.00 bits per heavy atom. The third kappa shape index (κ3) is 2.58. The normalized spacial score (nSPS) is 10.2. The molecule has 1 amide bonds. The lowest BCUT2D eigenvalue weighted by Gasteiger charge is -2.06. The summed E-state index contributed by atoms with van der Waals surface area (Å²) in [5, 5.41) is 31.6. The van der Waals surface area contributed by atoms with Gasteiger partial charge in [0.15, 0.2) is 5.69 Å². The van der Waals surface area contributed by atoms with Crippen molar-refractivity contribution >= 4 is 11.7 Å². The van der Waals surface area contributed by atoms with Crippen LogP contribution in [-0.4, -0.2) is 42.4 Å². The molecule has 0 aliphatic carbocycles. The Morgan fingerprint density at radius 1 is 1.63 bits per heavy atom. The number of aliphatic hydroxyl groups excluding tert-OH is 1. The maximum Gasteiger partial charge on any atom is 0.279 e. The van der Waals surface area contributed by atoms with Crippen LogP contribution in [0.5, 0.6) is 0 Å². The van der Waals surface area contributed by atoms with Crippen LogP contribution in [0.2, 0.25) is 0 Å². The van der Waals surface area contributed by atoms with Gasteiger partial charge in [0.05, 0.1) is 25.5 Å². The highest BCUT2D eigenvalue weighted by Gasteiger charge is 2.16. The van der Waals surface area contributed by atoms with E-state index in [4.69, 9.17) is 10.4 Å². The van der Waals surface area contributed by atoms with Gasteiger partial charge in [0, 0.05) is 7.05 Å². The quantitative estimate of drug-likeness (QED) is 0.737. The molecule has 0 fully saturated rings. The molecule has 2 aromatic rings. The molecule has 2 N–H and O–H groups in total. The molecule has 0 aromatic carbocycles. The van der Waals surface area contributed by atoms with Crippen molar-refractivity contribution < 1.29 is 9.90 Å². The number of rotatable bonds is 4. The van der Waals surface area contributed by atoms with E-state index in [1.54, 1.807) is 7.05 Å². The van der Waals surface area contributed by atoms with Crippen molar-refractivity contribution in [1.82, 2.24) is 24.8 Å². The lowest BCUT2D eigenvalue weighted by molar-refractivity contribution is 0.102. The molecule has 0 aliphatic rings. The fourth-order valence-electron chi connectivity index (χ4n) is 1.49. The van der Waals surface area contributed by atoms with Crippen LogP contribution in [0.1, 0.15) is 16.1 Å². The highest BCUT2D eigenvalue weighted by Crippen LogP contribution is 2.14. The lowest BCUT2D eigenvalue weighted by atomic mass is 10.3. The first-order valence-corrected chi connectivity index (χ1v) is 5.40. The van der Waals surface area contributed by atoms with Crippen molar-refractivity contribution in [2.24, 2.45) is 7.05 Å². The summed E-state index contributed by atoms with van der Waals surface area (Å²) >= 11 is 0. The molecule has 2 aromatic heterocycles. The summed E-state index contributed by atoms with van der Waals surface area (Å²) < 4.78 is 2.73. The van der Waals surface area contributed by atoms with Crippen molar-refractivity contribution in [3.05, 3.63) is 23.7 Å². The second kappa shape index (κ2) is 5.28. The number of carbonyl (C=O) groups excluding carboxylic acids is 1. The number of hydrogen-bond donors (Lipinski definition) is 2. The van der Waals surface area contributed by atoms with Gasteiger partial charge >= 0.3 is 0 Å². The van der Waals surface area contributed by atoms with E-state index in [-0.39, 0.29) is 30.2 Å². The van der Waals surface area contributed by atoms with Crippen LogP contribution >= 0.6 is 0 Å². The topological polar surface area (TPSA) is 122 Å². The van der Waals surface area contributed by atoms with Gasteiger partial charge in [-0.05, 0) is 0 Å². The zero-order chi connectivity index (χ0) is 13.8. The van der Waals surface area contributed by atoms with Crippen molar-refractivity contribution in [2.75, 3.05) is 11.9 Å². The van der Waals surface area contributed by atoms with Gasteiger partial charge < -0.3 is 10.4 Å². The molecule has 0 aliphatic heterocycles. The third-order valence-electron chi connectivity index (χ3n) is 2.34. The zero-order valence-electron chi connectivity index (χ0n) is 10.1. The average Bonchev–Trinajstić information content (AvgIpc) is 2.97. The van der Waals surface area contributed by atoms with Gasteiger partial charge in [-0.15, -0.1) is 5.10 Å². The molecule has 0 bridgehead atoms. The number of aliphatic hydroxyl groups is 1. The maximum atomic E-state index is 11.9. The van der Waals surface area contributed by atoms with Crippen LogP contribution in [0.15, 0.2) is 12.4 Å². The minimum atomic E-state index is -0.496. The third-order valence-corrected chi connectivity index (χ3v) is 2.34. The molecule has 0 atom stereocenters. The molecule has 9 heteroatoms. The average molecular weight is 261 g/mol. The number of nitrogens with one attached hydrogen (secondary N) is 1. The number of aromatic nitrogens is 5. The van der Waals surface area contributed by atoms with Gasteiger partial charge in [-0.1, -0.05) is 5.21 Å². The van der Waals surface area contributed by atoms with E-state index in [0.29, 0.717) is 0 Å². The monoisotopic (exact) mass is 261 g/mol. The Morgan fingerprint density at radius 2 is 2.42 bits per heavy atom. The van der Waals surface area contributed by atoms with Gasteiger partial charge in [0.1, 0.15) is 17.5 Å². The fraction of sp³-hybridized carbons (Fsp3) is 0.300. The first-order chi connectivity index (χ1) is 9.15. The predicted molar refractivity (Wildman–Crippen MR) is 63.0 cm³/mol. The number of aryl methyl sites for hydroxylation is 1. The van der Waals surface area contributed by atoms with E-state index in [1.165, 1.54) is 21.8 Å². The number of nitrogens with zero attached hydrogens (tertiary/aromatic N) is 6. The molecule has 2 heterocycles. The Bertz CT molecular complexity index is 637. The highest BCUT2D eigenvalue weighted by atomic mass is 16.3. The number of carbonyl (C=O) groups is 1. The summed E-state index contributed by atoms with van der Waals surface area (Å²) in [7, 11) is 1.64. The maximum absolute atomic E-state index is 11.9. The summed E-state index contributed by atoms with van der Waals surface area (Å²) in [6.07, 6.45) is 2.77. The van der Waals surface area contributed by atoms with E-state index < -0.39 is 5.91 Å². The molecule has 2 rings (SSSR count). The van der Waals surface area contributed by atoms with E-state index in [9.17, 15) is 4.79 Å². The molecular formula is C10H11N7O2. The Hall–Kier alpha value is -2.73. The Kier molecular flexibility index (Phi) is 3.53. The summed E-state index contributed by atoms with van der Waals surface area (Å²) in [5.41, 5.74) is 0.342. The number of nitriles is 1. The first-order valence-electron chi connectivity index (χ1n) is 5.40. The minimum Gasteiger partial charge on any atom is -0.394 e. The standard InChI is InChI=1S/C10H11N7O2/c1-16-6-8(14-15-16)10(19)13-9-7(4-11)5-12-17(9)2-3-18/h5-6,18H,2-3H2,1H3,(H,13,19). The second-order valence-electron chi connectivity index (χ2n) is 3.70. The van der Waals surface area contributed by atoms with Crippen LogP contribution in [0.3, 0.4) is 0 Å². The van der Waals surface area contributed by atoms with Gasteiger partial charge in [-0.3, -0.25) is 9.48 Å². The molecule has 98 valence electrons. The number of hydrogen-bond acceptors (Lipinski definition) is 6. The SMILES string of the molecule is Cn1cc(C(=O)Nc2c(C#N)cnn2CCO)nn1. The van der Waals surface area contributed by atoms with E-state index in [1.807, 2.05) is 6.07 Å². The fourth-order valence-corrected chi connectivity index (χ4v) is 1.49. The summed E-state index contributed by atoms with van der Waals surface area (Å²) in [4.78, 5) is 11.9.